The molecule has 1 saturated carbocycles. The number of halogens is 1. The van der Waals surface area contributed by atoms with Crippen LogP contribution in [0.2, 0.25) is 0 Å². The van der Waals surface area contributed by atoms with E-state index in [1.807, 2.05) is 24.8 Å². The SMILES string of the molecule is C=C(CCN(C)c1nn(C)c2cc(N3CCN(Cc4cccc(S(=O)C5CCCCC5)c4)CC3)ccc12)NC=O.C=N/C=C(Cl)\C=N/CNC. The minimum Gasteiger partial charge on any atom is -0.369 e. The van der Waals surface area contributed by atoms with Crippen LogP contribution in [0.25, 0.3) is 10.9 Å². The summed E-state index contributed by atoms with van der Waals surface area (Å²) in [5, 5.41) is 12.2. The first-order valence-electron chi connectivity index (χ1n) is 17.2. The van der Waals surface area contributed by atoms with Gasteiger partial charge in [-0.25, -0.2) is 0 Å². The van der Waals surface area contributed by atoms with Crippen molar-refractivity contribution in [2.75, 3.05) is 63.3 Å². The second-order valence-electron chi connectivity index (χ2n) is 12.7. The third-order valence-corrected chi connectivity index (χ3v) is 11.0. The Morgan fingerprint density at radius 1 is 1.14 bits per heavy atom. The Morgan fingerprint density at radius 2 is 1.90 bits per heavy atom. The molecule has 50 heavy (non-hydrogen) atoms. The molecule has 1 unspecified atom stereocenters. The number of aromatic nitrogens is 2. The first-order valence-corrected chi connectivity index (χ1v) is 18.8. The number of anilines is 2. The number of piperazine rings is 1. The molecule has 270 valence electrons. The Morgan fingerprint density at radius 3 is 2.60 bits per heavy atom. The number of carbonyl (C=O) groups is 1. The van der Waals surface area contributed by atoms with Crippen LogP contribution in [0, 0.1) is 0 Å². The molecule has 2 heterocycles. The molecule has 2 aromatic carbocycles. The predicted molar refractivity (Wildman–Crippen MR) is 210 cm³/mol. The monoisotopic (exact) mass is 721 g/mol. The number of benzene rings is 2. The zero-order valence-corrected chi connectivity index (χ0v) is 31.3. The van der Waals surface area contributed by atoms with Gasteiger partial charge >= 0.3 is 0 Å². The fourth-order valence-corrected chi connectivity index (χ4v) is 8.04. The van der Waals surface area contributed by atoms with Gasteiger partial charge in [-0.15, -0.1) is 0 Å². The van der Waals surface area contributed by atoms with Crippen LogP contribution in [0.1, 0.15) is 44.1 Å². The minimum absolute atomic E-state index is 0.325. The molecule has 2 aliphatic rings. The Balaban J connectivity index is 0.000000490. The van der Waals surface area contributed by atoms with Crippen LogP contribution in [0.5, 0.6) is 0 Å². The first kappa shape index (κ1) is 39.0. The first-order chi connectivity index (χ1) is 24.2. The van der Waals surface area contributed by atoms with Crippen molar-refractivity contribution in [3.63, 3.8) is 0 Å². The fourth-order valence-electron chi connectivity index (χ4n) is 6.28. The van der Waals surface area contributed by atoms with Crippen molar-refractivity contribution in [2.45, 2.75) is 55.2 Å². The van der Waals surface area contributed by atoms with E-state index in [0.29, 0.717) is 35.5 Å². The van der Waals surface area contributed by atoms with Gasteiger partial charge in [0.1, 0.15) is 0 Å². The van der Waals surface area contributed by atoms with Crippen LogP contribution < -0.4 is 20.4 Å². The molecule has 1 aliphatic heterocycles. The summed E-state index contributed by atoms with van der Waals surface area (Å²) in [5.41, 5.74) is 4.28. The van der Waals surface area contributed by atoms with Crippen LogP contribution in [-0.4, -0.2) is 97.0 Å². The number of hydrogen-bond donors (Lipinski definition) is 2. The topological polar surface area (TPSA) is 110 Å². The number of rotatable bonds is 15. The molecule has 5 rings (SSSR count). The second-order valence-corrected chi connectivity index (χ2v) is 14.8. The van der Waals surface area contributed by atoms with Crippen molar-refractivity contribution >= 4 is 64.2 Å². The molecule has 2 N–H and O–H groups in total. The minimum atomic E-state index is -0.893. The van der Waals surface area contributed by atoms with E-state index >= 15 is 0 Å². The second kappa shape index (κ2) is 20.1. The van der Waals surface area contributed by atoms with Crippen molar-refractivity contribution < 1.29 is 9.00 Å². The van der Waals surface area contributed by atoms with E-state index in [2.05, 4.69) is 85.0 Å². The molecular weight excluding hydrogens is 670 g/mol. The number of fused-ring (bicyclic) bond motifs is 1. The molecule has 0 bridgehead atoms. The van der Waals surface area contributed by atoms with Gasteiger partial charge in [0, 0.05) is 99.1 Å². The van der Waals surface area contributed by atoms with Gasteiger partial charge in [-0.05, 0) is 62.5 Å². The highest BCUT2D eigenvalue weighted by molar-refractivity contribution is 7.85. The highest BCUT2D eigenvalue weighted by atomic mass is 35.5. The molecule has 1 amide bonds. The standard InChI is InChI=1S/C31H42N6O2S.C6H10ClN3/c1-24(32-23-38)14-15-34(2)31-29-13-12-26(21-30(29)35(3)33-31)37-18-16-36(17-19-37)22-25-8-7-11-28(20-25)40(39)27-9-5-4-6-10-27;1-8-3-6(7)4-10-5-9-2/h7-8,11-13,20-21,23,27H,1,4-6,9-10,14-19,22H2,2-3H3,(H,32,38);3-4,9H,1,5H2,2H3/b;6-3+,10-4-. The largest absolute Gasteiger partial charge is 0.369 e. The highest BCUT2D eigenvalue weighted by Gasteiger charge is 2.23. The fraction of sp³-hybridized carbons (Fsp3) is 0.459. The smallest absolute Gasteiger partial charge is 0.211 e. The number of nitrogens with zero attached hydrogens (tertiary/aromatic N) is 7. The van der Waals surface area contributed by atoms with Crippen molar-refractivity contribution in [1.82, 2.24) is 25.3 Å². The molecular formula is C37H52ClN9O2S. The maximum Gasteiger partial charge on any atom is 0.211 e. The lowest BCUT2D eigenvalue weighted by Gasteiger charge is -2.36. The van der Waals surface area contributed by atoms with Gasteiger partial charge in [0.05, 0.1) is 28.0 Å². The van der Waals surface area contributed by atoms with Gasteiger partial charge in [-0.2, -0.15) is 5.10 Å². The van der Waals surface area contributed by atoms with Gasteiger partial charge in [0.25, 0.3) is 0 Å². The van der Waals surface area contributed by atoms with Gasteiger partial charge in [0.15, 0.2) is 5.82 Å². The van der Waals surface area contributed by atoms with Crippen molar-refractivity contribution in [1.29, 1.82) is 0 Å². The molecule has 1 atom stereocenters. The molecule has 1 aliphatic carbocycles. The number of nitrogens with one attached hydrogen (secondary N) is 2. The van der Waals surface area contributed by atoms with E-state index in [1.165, 1.54) is 42.9 Å². The molecule has 13 heteroatoms. The molecule has 2 fully saturated rings. The van der Waals surface area contributed by atoms with E-state index in [0.717, 1.165) is 73.7 Å². The van der Waals surface area contributed by atoms with E-state index in [9.17, 15) is 9.00 Å². The molecule has 1 saturated heterocycles. The third-order valence-electron chi connectivity index (χ3n) is 9.00. The molecule has 11 nitrogen and oxygen atoms in total. The maximum atomic E-state index is 13.1. The normalized spacial score (nSPS) is 16.6. The number of allylic oxidation sites excluding steroid dienone is 1. The molecule has 3 aromatic rings. The van der Waals surface area contributed by atoms with E-state index in [-0.39, 0.29) is 0 Å². The summed E-state index contributed by atoms with van der Waals surface area (Å²) in [6.07, 6.45) is 10.2. The van der Waals surface area contributed by atoms with Crippen LogP contribution in [0.3, 0.4) is 0 Å². The lowest BCUT2D eigenvalue weighted by Crippen LogP contribution is -2.46. The summed E-state index contributed by atoms with van der Waals surface area (Å²) in [7, 11) is 4.92. The molecule has 0 spiro atoms. The van der Waals surface area contributed by atoms with Crippen molar-refractivity contribution in [3.05, 3.63) is 71.5 Å². The Labute approximate surface area is 304 Å². The number of hydrogen-bond acceptors (Lipinski definition) is 9. The lowest BCUT2D eigenvalue weighted by molar-refractivity contribution is -0.108. The lowest BCUT2D eigenvalue weighted by atomic mass is 10.0. The predicted octanol–water partition coefficient (Wildman–Crippen LogP) is 5.44. The Kier molecular flexibility index (Phi) is 15.7. The van der Waals surface area contributed by atoms with Crippen LogP contribution >= 0.6 is 11.6 Å². The number of aryl methyl sites for hydroxylation is 1. The van der Waals surface area contributed by atoms with E-state index in [1.54, 1.807) is 7.05 Å². The van der Waals surface area contributed by atoms with Gasteiger partial charge in [-0.3, -0.25) is 28.6 Å². The zero-order chi connectivity index (χ0) is 35.9. The summed E-state index contributed by atoms with van der Waals surface area (Å²) >= 11 is 5.57. The van der Waals surface area contributed by atoms with Crippen LogP contribution in [0.4, 0.5) is 11.5 Å². The summed E-state index contributed by atoms with van der Waals surface area (Å²) in [6, 6.07) is 15.1. The van der Waals surface area contributed by atoms with Crippen molar-refractivity contribution in [2.24, 2.45) is 17.0 Å². The van der Waals surface area contributed by atoms with Crippen molar-refractivity contribution in [3.8, 4) is 0 Å². The number of amides is 1. The molecule has 0 radical (unpaired) electrons. The summed E-state index contributed by atoms with van der Waals surface area (Å²) in [4.78, 5) is 26.0. The zero-order valence-electron chi connectivity index (χ0n) is 29.7. The number of aliphatic imine (C=N–C) groups is 2. The Hall–Kier alpha value is -3.84. The van der Waals surface area contributed by atoms with Crippen LogP contribution in [-0.2, 0) is 29.2 Å². The molecule has 1 aromatic heterocycles. The van der Waals surface area contributed by atoms with E-state index < -0.39 is 10.8 Å². The quantitative estimate of drug-likeness (QED) is 0.159. The average Bonchev–Trinajstić information content (AvgIpc) is 3.47. The number of carbonyl (C=O) groups excluding carboxylic acids is 1. The summed E-state index contributed by atoms with van der Waals surface area (Å²) in [6.45, 7) is 13.2. The Bertz CT molecular complexity index is 1660. The van der Waals surface area contributed by atoms with E-state index in [4.69, 9.17) is 16.7 Å². The summed E-state index contributed by atoms with van der Waals surface area (Å²) in [5.74, 6) is 0.930. The van der Waals surface area contributed by atoms with Gasteiger partial charge in [-0.1, -0.05) is 49.6 Å². The van der Waals surface area contributed by atoms with Gasteiger partial charge < -0.3 is 20.4 Å². The van der Waals surface area contributed by atoms with Gasteiger partial charge in [0.2, 0.25) is 6.41 Å². The third kappa shape index (κ3) is 11.3. The average molecular weight is 722 g/mol. The van der Waals surface area contributed by atoms with Crippen LogP contribution in [0.15, 0.2) is 80.9 Å². The highest BCUT2D eigenvalue weighted by Crippen LogP contribution is 2.30. The summed E-state index contributed by atoms with van der Waals surface area (Å²) < 4.78 is 15.1. The maximum absolute atomic E-state index is 13.1.